The molecule has 3 rings (SSSR count). The van der Waals surface area contributed by atoms with E-state index < -0.39 is 0 Å². The number of pyridine rings is 1. The van der Waals surface area contributed by atoms with Gasteiger partial charge in [0.2, 0.25) is 0 Å². The van der Waals surface area contributed by atoms with E-state index in [4.69, 9.17) is 5.73 Å². The number of benzene rings is 1. The van der Waals surface area contributed by atoms with Gasteiger partial charge in [-0.2, -0.15) is 0 Å². The molecular weight excluding hydrogens is 234 g/mol. The minimum Gasteiger partial charge on any atom is -0.342 e. The van der Waals surface area contributed by atoms with Crippen LogP contribution < -0.4 is 5.73 Å². The average molecular weight is 251 g/mol. The molecule has 0 aliphatic carbocycles. The second kappa shape index (κ2) is 4.52. The standard InChI is InChI=1S/C16H17N3/c1-11-3-6-15-13(7-11)8-16(19(15)2)14-5-4-12(9-17)10-18-14/h3-8,10H,9,17H2,1-2H3. The minimum absolute atomic E-state index is 0.529. The number of fused-ring (bicyclic) bond motifs is 1. The highest BCUT2D eigenvalue weighted by atomic mass is 15.0. The van der Waals surface area contributed by atoms with Crippen molar-refractivity contribution in [3.63, 3.8) is 0 Å². The quantitative estimate of drug-likeness (QED) is 0.761. The first-order valence-electron chi connectivity index (χ1n) is 6.40. The van der Waals surface area contributed by atoms with Crippen LogP contribution in [0.3, 0.4) is 0 Å². The van der Waals surface area contributed by atoms with E-state index in [1.807, 2.05) is 18.3 Å². The van der Waals surface area contributed by atoms with Crippen LogP contribution >= 0.6 is 0 Å². The van der Waals surface area contributed by atoms with E-state index in [0.29, 0.717) is 6.54 Å². The Balaban J connectivity index is 2.15. The van der Waals surface area contributed by atoms with Gasteiger partial charge in [0.05, 0.1) is 11.4 Å². The van der Waals surface area contributed by atoms with Crippen molar-refractivity contribution in [1.82, 2.24) is 9.55 Å². The highest BCUT2D eigenvalue weighted by molar-refractivity contribution is 5.86. The Morgan fingerprint density at radius 3 is 2.68 bits per heavy atom. The van der Waals surface area contributed by atoms with Crippen LogP contribution in [-0.4, -0.2) is 9.55 Å². The van der Waals surface area contributed by atoms with E-state index in [0.717, 1.165) is 17.0 Å². The van der Waals surface area contributed by atoms with Gasteiger partial charge >= 0.3 is 0 Å². The van der Waals surface area contributed by atoms with Crippen LogP contribution in [0.4, 0.5) is 0 Å². The highest BCUT2D eigenvalue weighted by Gasteiger charge is 2.08. The molecule has 3 aromatic rings. The van der Waals surface area contributed by atoms with Crippen LogP contribution in [0, 0.1) is 6.92 Å². The Bertz CT molecular complexity index is 724. The van der Waals surface area contributed by atoms with Crippen LogP contribution in [0.1, 0.15) is 11.1 Å². The van der Waals surface area contributed by atoms with Crippen molar-refractivity contribution >= 4 is 10.9 Å². The summed E-state index contributed by atoms with van der Waals surface area (Å²) in [5.74, 6) is 0. The molecule has 2 heterocycles. The van der Waals surface area contributed by atoms with Crippen molar-refractivity contribution in [3.8, 4) is 11.4 Å². The molecule has 2 aromatic heterocycles. The van der Waals surface area contributed by atoms with E-state index >= 15 is 0 Å². The Morgan fingerprint density at radius 2 is 2.00 bits per heavy atom. The summed E-state index contributed by atoms with van der Waals surface area (Å²) in [5.41, 5.74) is 11.3. The molecule has 0 aliphatic heterocycles. The van der Waals surface area contributed by atoms with Crippen molar-refractivity contribution in [2.45, 2.75) is 13.5 Å². The largest absolute Gasteiger partial charge is 0.342 e. The normalized spacial score (nSPS) is 11.1. The third-order valence-corrected chi connectivity index (χ3v) is 3.52. The molecule has 0 unspecified atom stereocenters. The van der Waals surface area contributed by atoms with Gasteiger partial charge in [-0.1, -0.05) is 17.7 Å². The van der Waals surface area contributed by atoms with Crippen molar-refractivity contribution < 1.29 is 0 Å². The summed E-state index contributed by atoms with van der Waals surface area (Å²) in [7, 11) is 2.07. The van der Waals surface area contributed by atoms with Gasteiger partial charge < -0.3 is 10.3 Å². The zero-order valence-corrected chi connectivity index (χ0v) is 11.2. The predicted molar refractivity (Wildman–Crippen MR) is 78.8 cm³/mol. The van der Waals surface area contributed by atoms with E-state index in [-0.39, 0.29) is 0 Å². The fourth-order valence-electron chi connectivity index (χ4n) is 2.41. The molecule has 0 bridgehead atoms. The summed E-state index contributed by atoms with van der Waals surface area (Å²) in [6.45, 7) is 2.64. The van der Waals surface area contributed by atoms with Crippen LogP contribution in [0.5, 0.6) is 0 Å². The van der Waals surface area contributed by atoms with Crippen LogP contribution in [0.2, 0.25) is 0 Å². The molecule has 3 heteroatoms. The average Bonchev–Trinajstić information content (AvgIpc) is 2.75. The lowest BCUT2D eigenvalue weighted by atomic mass is 10.1. The van der Waals surface area contributed by atoms with Gasteiger partial charge in [-0.15, -0.1) is 0 Å². The summed E-state index contributed by atoms with van der Waals surface area (Å²) in [4.78, 5) is 4.50. The molecule has 3 nitrogen and oxygen atoms in total. The fourth-order valence-corrected chi connectivity index (χ4v) is 2.41. The second-order valence-electron chi connectivity index (χ2n) is 4.91. The molecule has 19 heavy (non-hydrogen) atoms. The third kappa shape index (κ3) is 2.02. The first-order valence-corrected chi connectivity index (χ1v) is 6.40. The van der Waals surface area contributed by atoms with Crippen LogP contribution in [-0.2, 0) is 13.6 Å². The van der Waals surface area contributed by atoms with E-state index in [2.05, 4.69) is 47.8 Å². The van der Waals surface area contributed by atoms with Gasteiger partial charge in [0.1, 0.15) is 0 Å². The van der Waals surface area contributed by atoms with E-state index in [9.17, 15) is 0 Å². The number of nitrogens with zero attached hydrogens (tertiary/aromatic N) is 2. The molecule has 0 saturated carbocycles. The lowest BCUT2D eigenvalue weighted by Gasteiger charge is -2.04. The first-order chi connectivity index (χ1) is 9.19. The Hall–Kier alpha value is -2.13. The second-order valence-corrected chi connectivity index (χ2v) is 4.91. The topological polar surface area (TPSA) is 43.8 Å². The van der Waals surface area contributed by atoms with Gasteiger partial charge in [0, 0.05) is 30.7 Å². The molecule has 0 saturated heterocycles. The van der Waals surface area contributed by atoms with E-state index in [1.54, 1.807) is 0 Å². The van der Waals surface area contributed by atoms with Gasteiger partial charge in [-0.3, -0.25) is 4.98 Å². The number of hydrogen-bond donors (Lipinski definition) is 1. The van der Waals surface area contributed by atoms with Crippen molar-refractivity contribution in [2.75, 3.05) is 0 Å². The molecular formula is C16H17N3. The number of hydrogen-bond acceptors (Lipinski definition) is 2. The Labute approximate surface area is 112 Å². The van der Waals surface area contributed by atoms with Gasteiger partial charge in [-0.25, -0.2) is 0 Å². The summed E-state index contributed by atoms with van der Waals surface area (Å²) >= 11 is 0. The lowest BCUT2D eigenvalue weighted by Crippen LogP contribution is -1.98. The van der Waals surface area contributed by atoms with E-state index in [1.165, 1.54) is 16.5 Å². The smallest absolute Gasteiger partial charge is 0.0866 e. The Kier molecular flexibility index (Phi) is 2.84. The number of aromatic nitrogens is 2. The summed E-state index contributed by atoms with van der Waals surface area (Å²) < 4.78 is 2.18. The van der Waals surface area contributed by atoms with Gasteiger partial charge in [0.25, 0.3) is 0 Å². The van der Waals surface area contributed by atoms with Crippen LogP contribution in [0.15, 0.2) is 42.6 Å². The molecule has 0 radical (unpaired) electrons. The maximum atomic E-state index is 5.60. The molecule has 0 aliphatic rings. The summed E-state index contributed by atoms with van der Waals surface area (Å²) in [5, 5.41) is 1.25. The van der Waals surface area contributed by atoms with Crippen molar-refractivity contribution in [1.29, 1.82) is 0 Å². The SMILES string of the molecule is Cc1ccc2c(c1)cc(-c1ccc(CN)cn1)n2C. The van der Waals surface area contributed by atoms with Gasteiger partial charge in [-0.05, 0) is 36.8 Å². The van der Waals surface area contributed by atoms with Gasteiger partial charge in [0.15, 0.2) is 0 Å². The molecule has 0 atom stereocenters. The molecule has 2 N–H and O–H groups in total. The zero-order chi connectivity index (χ0) is 13.4. The third-order valence-electron chi connectivity index (χ3n) is 3.52. The molecule has 1 aromatic carbocycles. The summed E-state index contributed by atoms with van der Waals surface area (Å²) in [6, 6.07) is 12.7. The fraction of sp³-hybridized carbons (Fsp3) is 0.188. The molecule has 96 valence electrons. The monoisotopic (exact) mass is 251 g/mol. The maximum absolute atomic E-state index is 5.60. The minimum atomic E-state index is 0.529. The zero-order valence-electron chi connectivity index (χ0n) is 11.2. The molecule has 0 spiro atoms. The molecule has 0 fully saturated rings. The predicted octanol–water partition coefficient (Wildman–Crippen LogP) is 3.01. The number of aryl methyl sites for hydroxylation is 2. The number of nitrogens with two attached hydrogens (primary N) is 1. The number of rotatable bonds is 2. The molecule has 0 amide bonds. The maximum Gasteiger partial charge on any atom is 0.0866 e. The lowest BCUT2D eigenvalue weighted by molar-refractivity contribution is 0.966. The van der Waals surface area contributed by atoms with Crippen molar-refractivity contribution in [3.05, 3.63) is 53.7 Å². The highest BCUT2D eigenvalue weighted by Crippen LogP contribution is 2.26. The first kappa shape index (κ1) is 11.9. The summed E-state index contributed by atoms with van der Waals surface area (Å²) in [6.07, 6.45) is 1.85. The van der Waals surface area contributed by atoms with Crippen LogP contribution in [0.25, 0.3) is 22.3 Å². The van der Waals surface area contributed by atoms with Crippen molar-refractivity contribution in [2.24, 2.45) is 12.8 Å². The Morgan fingerprint density at radius 1 is 1.16 bits per heavy atom.